The summed E-state index contributed by atoms with van der Waals surface area (Å²) in [5, 5.41) is 5.01. The summed E-state index contributed by atoms with van der Waals surface area (Å²) in [5.41, 5.74) is 1.60. The predicted octanol–water partition coefficient (Wildman–Crippen LogP) is -0.147. The van der Waals surface area contributed by atoms with Crippen LogP contribution in [0.25, 0.3) is 0 Å². The minimum atomic E-state index is -3.66. The summed E-state index contributed by atoms with van der Waals surface area (Å²) in [6, 6.07) is 4.54. The Balaban J connectivity index is 2.51. The van der Waals surface area contributed by atoms with Gasteiger partial charge in [-0.15, -0.1) is 0 Å². The topological polar surface area (TPSA) is 80.5 Å². The van der Waals surface area contributed by atoms with Gasteiger partial charge in [0, 0.05) is 12.2 Å². The summed E-state index contributed by atoms with van der Waals surface area (Å²) >= 11 is 0. The van der Waals surface area contributed by atoms with E-state index in [0.717, 1.165) is 17.7 Å². The summed E-state index contributed by atoms with van der Waals surface area (Å²) < 4.78 is 22.2. The summed E-state index contributed by atoms with van der Waals surface area (Å²) in [4.78, 5) is 12.3. The van der Waals surface area contributed by atoms with E-state index in [0.29, 0.717) is 13.0 Å². The Morgan fingerprint density at radius 1 is 1.40 bits per heavy atom. The largest absolute Gasteiger partial charge is 0.314 e. The van der Waals surface area contributed by atoms with Crippen LogP contribution in [-0.4, -0.2) is 21.4 Å². The highest BCUT2D eigenvalue weighted by atomic mass is 32.2. The molecule has 1 aliphatic heterocycles. The molecule has 1 aromatic carbocycles. The zero-order valence-electron chi connectivity index (χ0n) is 7.88. The SMILES string of the molecule is NS(=O)(=O)c1ccc2c(c1)CCN2C=O. The third-order valence-corrected chi connectivity index (χ3v) is 3.35. The van der Waals surface area contributed by atoms with Crippen LogP contribution in [0.15, 0.2) is 23.1 Å². The van der Waals surface area contributed by atoms with Crippen LogP contribution in [0.2, 0.25) is 0 Å². The minimum absolute atomic E-state index is 0.0917. The summed E-state index contributed by atoms with van der Waals surface area (Å²) in [6.07, 6.45) is 1.40. The van der Waals surface area contributed by atoms with Gasteiger partial charge in [-0.25, -0.2) is 13.6 Å². The fourth-order valence-electron chi connectivity index (χ4n) is 1.69. The van der Waals surface area contributed by atoms with Gasteiger partial charge in [0.15, 0.2) is 0 Å². The van der Waals surface area contributed by atoms with E-state index in [2.05, 4.69) is 0 Å². The van der Waals surface area contributed by atoms with E-state index in [1.165, 1.54) is 12.1 Å². The van der Waals surface area contributed by atoms with Gasteiger partial charge in [-0.3, -0.25) is 4.79 Å². The van der Waals surface area contributed by atoms with E-state index in [1.54, 1.807) is 11.0 Å². The van der Waals surface area contributed by atoms with E-state index >= 15 is 0 Å². The fraction of sp³-hybridized carbons (Fsp3) is 0.222. The molecule has 0 atom stereocenters. The maximum atomic E-state index is 11.1. The Bertz CT molecular complexity index is 510. The van der Waals surface area contributed by atoms with Crippen LogP contribution in [0.4, 0.5) is 5.69 Å². The minimum Gasteiger partial charge on any atom is -0.314 e. The molecule has 0 bridgehead atoms. The molecule has 0 fully saturated rings. The van der Waals surface area contributed by atoms with Crippen molar-refractivity contribution < 1.29 is 13.2 Å². The van der Waals surface area contributed by atoms with Crippen LogP contribution >= 0.6 is 0 Å². The van der Waals surface area contributed by atoms with Gasteiger partial charge in [0.05, 0.1) is 4.90 Å². The van der Waals surface area contributed by atoms with Crippen LogP contribution < -0.4 is 10.0 Å². The fourth-order valence-corrected chi connectivity index (χ4v) is 2.25. The van der Waals surface area contributed by atoms with E-state index in [-0.39, 0.29) is 4.90 Å². The van der Waals surface area contributed by atoms with Crippen molar-refractivity contribution in [3.8, 4) is 0 Å². The molecular formula is C9H10N2O3S. The van der Waals surface area contributed by atoms with Crippen molar-refractivity contribution in [2.45, 2.75) is 11.3 Å². The Kier molecular flexibility index (Phi) is 2.24. The molecule has 0 aliphatic carbocycles. The molecular weight excluding hydrogens is 216 g/mol. The maximum absolute atomic E-state index is 11.1. The smallest absolute Gasteiger partial charge is 0.238 e. The highest BCUT2D eigenvalue weighted by Crippen LogP contribution is 2.28. The molecule has 1 aliphatic rings. The number of carbonyl (C=O) groups excluding carboxylic acids is 1. The molecule has 5 nitrogen and oxygen atoms in total. The van der Waals surface area contributed by atoms with E-state index in [9.17, 15) is 13.2 Å². The van der Waals surface area contributed by atoms with Crippen LogP contribution in [0.3, 0.4) is 0 Å². The quantitative estimate of drug-likeness (QED) is 0.712. The lowest BCUT2D eigenvalue weighted by Gasteiger charge is -2.09. The second-order valence-corrected chi connectivity index (χ2v) is 4.95. The first kappa shape index (κ1) is 10.1. The van der Waals surface area contributed by atoms with Gasteiger partial charge in [-0.1, -0.05) is 0 Å². The van der Waals surface area contributed by atoms with Crippen molar-refractivity contribution in [1.29, 1.82) is 0 Å². The molecule has 0 saturated heterocycles. The van der Waals surface area contributed by atoms with Gasteiger partial charge in [0.25, 0.3) is 0 Å². The first-order valence-corrected chi connectivity index (χ1v) is 5.94. The molecule has 15 heavy (non-hydrogen) atoms. The molecule has 0 radical (unpaired) electrons. The normalized spacial score (nSPS) is 15.1. The first-order chi connectivity index (χ1) is 7.02. The number of anilines is 1. The van der Waals surface area contributed by atoms with Gasteiger partial charge in [-0.05, 0) is 30.2 Å². The highest BCUT2D eigenvalue weighted by Gasteiger charge is 2.20. The van der Waals surface area contributed by atoms with Crippen molar-refractivity contribution in [1.82, 2.24) is 0 Å². The zero-order chi connectivity index (χ0) is 11.1. The maximum Gasteiger partial charge on any atom is 0.238 e. The van der Waals surface area contributed by atoms with Gasteiger partial charge < -0.3 is 4.90 Å². The lowest BCUT2D eigenvalue weighted by atomic mass is 10.2. The van der Waals surface area contributed by atoms with Crippen LogP contribution in [0, 0.1) is 0 Å². The van der Waals surface area contributed by atoms with Crippen molar-refractivity contribution in [3.63, 3.8) is 0 Å². The lowest BCUT2D eigenvalue weighted by Crippen LogP contribution is -2.17. The molecule has 6 heteroatoms. The summed E-state index contributed by atoms with van der Waals surface area (Å²) in [6.45, 7) is 0.590. The van der Waals surface area contributed by atoms with Gasteiger partial charge >= 0.3 is 0 Å². The van der Waals surface area contributed by atoms with Gasteiger partial charge in [-0.2, -0.15) is 0 Å². The number of benzene rings is 1. The van der Waals surface area contributed by atoms with Crippen LogP contribution in [-0.2, 0) is 21.2 Å². The number of hydrogen-bond acceptors (Lipinski definition) is 3. The van der Waals surface area contributed by atoms with Gasteiger partial charge in [0.2, 0.25) is 16.4 Å². The van der Waals surface area contributed by atoms with Crippen LogP contribution in [0.1, 0.15) is 5.56 Å². The Morgan fingerprint density at radius 3 is 2.73 bits per heavy atom. The van der Waals surface area contributed by atoms with Crippen LogP contribution in [0.5, 0.6) is 0 Å². The van der Waals surface area contributed by atoms with Gasteiger partial charge in [0.1, 0.15) is 0 Å². The highest BCUT2D eigenvalue weighted by molar-refractivity contribution is 7.89. The number of primary sulfonamides is 1. The third-order valence-electron chi connectivity index (χ3n) is 2.44. The van der Waals surface area contributed by atoms with Crippen molar-refractivity contribution in [3.05, 3.63) is 23.8 Å². The zero-order valence-corrected chi connectivity index (χ0v) is 8.70. The number of fused-ring (bicyclic) bond motifs is 1. The number of sulfonamides is 1. The second kappa shape index (κ2) is 3.32. The molecule has 0 aromatic heterocycles. The van der Waals surface area contributed by atoms with Crippen molar-refractivity contribution >= 4 is 22.1 Å². The Hall–Kier alpha value is -1.40. The van der Waals surface area contributed by atoms with E-state index < -0.39 is 10.0 Å². The van der Waals surface area contributed by atoms with Crippen molar-refractivity contribution in [2.24, 2.45) is 5.14 Å². The van der Waals surface area contributed by atoms with E-state index in [4.69, 9.17) is 5.14 Å². The molecule has 80 valence electrons. The summed E-state index contributed by atoms with van der Waals surface area (Å²) in [5.74, 6) is 0. The summed E-state index contributed by atoms with van der Waals surface area (Å²) in [7, 11) is -3.66. The third kappa shape index (κ3) is 1.73. The lowest BCUT2D eigenvalue weighted by molar-refractivity contribution is -0.107. The second-order valence-electron chi connectivity index (χ2n) is 3.38. The number of amides is 1. The molecule has 2 N–H and O–H groups in total. The standard InChI is InChI=1S/C9H10N2O3S/c10-15(13,14)8-1-2-9-7(5-8)3-4-11(9)6-12/h1-2,5-6H,3-4H2,(H2,10,13,14). The number of nitrogens with zero attached hydrogens (tertiary/aromatic N) is 1. The molecule has 0 unspecified atom stereocenters. The number of carbonyl (C=O) groups is 1. The first-order valence-electron chi connectivity index (χ1n) is 4.40. The average molecular weight is 226 g/mol. The average Bonchev–Trinajstić information content (AvgIpc) is 2.58. The molecule has 1 aromatic rings. The molecule has 1 amide bonds. The number of nitrogens with two attached hydrogens (primary N) is 1. The number of rotatable bonds is 2. The monoisotopic (exact) mass is 226 g/mol. The molecule has 2 rings (SSSR count). The number of hydrogen-bond donors (Lipinski definition) is 1. The Morgan fingerprint density at radius 2 is 2.13 bits per heavy atom. The van der Waals surface area contributed by atoms with Crippen molar-refractivity contribution in [2.75, 3.05) is 11.4 Å². The van der Waals surface area contributed by atoms with E-state index in [1.807, 2.05) is 0 Å². The predicted molar refractivity (Wildman–Crippen MR) is 54.9 cm³/mol. The molecule has 1 heterocycles. The molecule has 0 saturated carbocycles. The molecule has 0 spiro atoms. The Labute approximate surface area is 87.5 Å².